The maximum absolute atomic E-state index is 4.57. The van der Waals surface area contributed by atoms with E-state index in [4.69, 9.17) is 0 Å². The van der Waals surface area contributed by atoms with E-state index in [1.165, 1.54) is 35.4 Å². The van der Waals surface area contributed by atoms with Crippen LogP contribution in [-0.4, -0.2) is 35.0 Å². The number of hydrogen-bond donors (Lipinski definition) is 1. The molecule has 2 aliphatic rings. The van der Waals surface area contributed by atoms with E-state index < -0.39 is 0 Å². The van der Waals surface area contributed by atoms with Crippen LogP contribution < -0.4 is 5.32 Å². The fourth-order valence-corrected chi connectivity index (χ4v) is 3.94. The Morgan fingerprint density at radius 3 is 3.23 bits per heavy atom. The lowest BCUT2D eigenvalue weighted by molar-refractivity contribution is 0.664. The summed E-state index contributed by atoms with van der Waals surface area (Å²) in [5.41, 5.74) is 0. The third-order valence-electron chi connectivity index (χ3n) is 2.38. The molecule has 2 nitrogen and oxygen atoms in total. The number of nitrogens with one attached hydrogen (secondary N) is 1. The maximum Gasteiger partial charge on any atom is 0.124 e. The highest BCUT2D eigenvalue weighted by Gasteiger charge is 2.18. The first-order valence-corrected chi connectivity index (χ1v) is 6.86. The van der Waals surface area contributed by atoms with Crippen molar-refractivity contribution < 1.29 is 0 Å². The Morgan fingerprint density at radius 2 is 2.62 bits per heavy atom. The molecule has 0 aliphatic carbocycles. The van der Waals surface area contributed by atoms with E-state index in [1.807, 2.05) is 23.5 Å². The summed E-state index contributed by atoms with van der Waals surface area (Å²) in [6.45, 7) is 4.61. The van der Waals surface area contributed by atoms with Crippen molar-refractivity contribution in [3.05, 3.63) is 0 Å². The molecule has 1 fully saturated rings. The predicted molar refractivity (Wildman–Crippen MR) is 62.8 cm³/mol. The van der Waals surface area contributed by atoms with Crippen LogP contribution in [-0.2, 0) is 0 Å². The Balaban J connectivity index is 1.70. The zero-order valence-electron chi connectivity index (χ0n) is 7.95. The molecule has 1 N–H and O–H groups in total. The Labute approximate surface area is 88.3 Å². The van der Waals surface area contributed by atoms with Crippen molar-refractivity contribution in [2.24, 2.45) is 10.9 Å². The molecule has 0 spiro atoms. The van der Waals surface area contributed by atoms with Crippen LogP contribution in [0.1, 0.15) is 13.3 Å². The van der Waals surface area contributed by atoms with E-state index >= 15 is 0 Å². The Hall–Kier alpha value is 0.330. The first kappa shape index (κ1) is 9.87. The van der Waals surface area contributed by atoms with Crippen LogP contribution in [0.4, 0.5) is 0 Å². The summed E-state index contributed by atoms with van der Waals surface area (Å²) >= 11 is 3.88. The van der Waals surface area contributed by atoms with Crippen LogP contribution in [0.2, 0.25) is 0 Å². The van der Waals surface area contributed by atoms with Gasteiger partial charge >= 0.3 is 0 Å². The van der Waals surface area contributed by atoms with Crippen molar-refractivity contribution >= 4 is 27.9 Å². The molecular weight excluding hydrogens is 200 g/mol. The highest BCUT2D eigenvalue weighted by atomic mass is 32.2. The lowest BCUT2D eigenvalue weighted by Gasteiger charge is -2.05. The number of nitrogens with zero attached hydrogens (tertiary/aromatic N) is 1. The molecule has 74 valence electrons. The molecule has 4 heteroatoms. The molecule has 0 amide bonds. The largest absolute Gasteiger partial charge is 0.316 e. The van der Waals surface area contributed by atoms with Gasteiger partial charge in [0.1, 0.15) is 4.38 Å². The smallest absolute Gasteiger partial charge is 0.124 e. The van der Waals surface area contributed by atoms with Crippen molar-refractivity contribution in [3.63, 3.8) is 0 Å². The van der Waals surface area contributed by atoms with Crippen molar-refractivity contribution in [1.82, 2.24) is 5.32 Å². The van der Waals surface area contributed by atoms with Crippen LogP contribution in [0.25, 0.3) is 0 Å². The van der Waals surface area contributed by atoms with Gasteiger partial charge in [-0.2, -0.15) is 0 Å². The molecule has 0 bridgehead atoms. The molecule has 0 radical (unpaired) electrons. The van der Waals surface area contributed by atoms with Gasteiger partial charge in [0, 0.05) is 11.5 Å². The molecule has 1 saturated heterocycles. The molecule has 13 heavy (non-hydrogen) atoms. The monoisotopic (exact) mass is 216 g/mol. The van der Waals surface area contributed by atoms with Gasteiger partial charge in [0.25, 0.3) is 0 Å². The van der Waals surface area contributed by atoms with E-state index in [0.29, 0.717) is 6.04 Å². The van der Waals surface area contributed by atoms with Gasteiger partial charge in [-0.15, -0.1) is 0 Å². The first-order valence-electron chi connectivity index (χ1n) is 4.88. The van der Waals surface area contributed by atoms with Crippen molar-refractivity contribution in [2.75, 3.05) is 24.6 Å². The molecule has 0 saturated carbocycles. The van der Waals surface area contributed by atoms with Crippen molar-refractivity contribution in [3.8, 4) is 0 Å². The summed E-state index contributed by atoms with van der Waals surface area (Å²) in [5, 5.41) is 3.40. The quantitative estimate of drug-likeness (QED) is 0.762. The maximum atomic E-state index is 4.57. The number of hydrogen-bond acceptors (Lipinski definition) is 4. The summed E-state index contributed by atoms with van der Waals surface area (Å²) in [4.78, 5) is 4.57. The van der Waals surface area contributed by atoms with Crippen LogP contribution in [0.3, 0.4) is 0 Å². The second-order valence-electron chi connectivity index (χ2n) is 3.72. The molecule has 2 unspecified atom stereocenters. The lowest BCUT2D eigenvalue weighted by atomic mass is 10.2. The minimum absolute atomic E-state index is 0.550. The van der Waals surface area contributed by atoms with Gasteiger partial charge in [-0.05, 0) is 32.4 Å². The summed E-state index contributed by atoms with van der Waals surface area (Å²) in [6, 6.07) is 0.550. The molecule has 0 aromatic carbocycles. The number of rotatable bonds is 2. The number of thioether (sulfide) groups is 2. The zero-order valence-corrected chi connectivity index (χ0v) is 9.59. The van der Waals surface area contributed by atoms with E-state index in [9.17, 15) is 0 Å². The summed E-state index contributed by atoms with van der Waals surface area (Å²) < 4.78 is 1.32. The third-order valence-corrected chi connectivity index (χ3v) is 5.08. The second kappa shape index (κ2) is 4.71. The van der Waals surface area contributed by atoms with Gasteiger partial charge in [-0.3, -0.25) is 4.99 Å². The molecule has 2 rings (SSSR count). The molecule has 2 aliphatic heterocycles. The minimum atomic E-state index is 0.550. The van der Waals surface area contributed by atoms with Crippen LogP contribution in [0.5, 0.6) is 0 Å². The van der Waals surface area contributed by atoms with Crippen LogP contribution >= 0.6 is 23.5 Å². The van der Waals surface area contributed by atoms with Crippen molar-refractivity contribution in [2.45, 2.75) is 19.4 Å². The summed E-state index contributed by atoms with van der Waals surface area (Å²) in [5.74, 6) is 3.32. The highest BCUT2D eigenvalue weighted by Crippen LogP contribution is 2.28. The lowest BCUT2D eigenvalue weighted by Crippen LogP contribution is -2.10. The van der Waals surface area contributed by atoms with Gasteiger partial charge in [-0.1, -0.05) is 23.5 Å². The molecule has 2 heterocycles. The van der Waals surface area contributed by atoms with Gasteiger partial charge in [-0.25, -0.2) is 0 Å². The first-order chi connectivity index (χ1) is 6.34. The predicted octanol–water partition coefficient (Wildman–Crippen LogP) is 1.82. The molecule has 2 atom stereocenters. The van der Waals surface area contributed by atoms with Crippen LogP contribution in [0.15, 0.2) is 4.99 Å². The molecule has 0 aromatic rings. The minimum Gasteiger partial charge on any atom is -0.316 e. The highest BCUT2D eigenvalue weighted by molar-refractivity contribution is 8.39. The Kier molecular flexibility index (Phi) is 3.58. The van der Waals surface area contributed by atoms with E-state index in [0.717, 1.165) is 5.92 Å². The SMILES string of the molecule is CC1CSC(SCC2CCNC2)=N1. The standard InChI is InChI=1S/C9H16N2S2/c1-7-5-12-9(11-7)13-6-8-2-3-10-4-8/h7-8,10H,2-6H2,1H3. The molecule has 0 aromatic heterocycles. The number of aliphatic imine (C=N–C) groups is 1. The fourth-order valence-electron chi connectivity index (χ4n) is 1.57. The van der Waals surface area contributed by atoms with Crippen molar-refractivity contribution in [1.29, 1.82) is 0 Å². The van der Waals surface area contributed by atoms with Gasteiger partial charge < -0.3 is 5.32 Å². The second-order valence-corrected chi connectivity index (χ2v) is 6.00. The normalized spacial score (nSPS) is 33.8. The summed E-state index contributed by atoms with van der Waals surface area (Å²) in [7, 11) is 0. The summed E-state index contributed by atoms with van der Waals surface area (Å²) in [6.07, 6.45) is 1.35. The van der Waals surface area contributed by atoms with E-state index in [1.54, 1.807) is 0 Å². The van der Waals surface area contributed by atoms with Crippen LogP contribution in [0, 0.1) is 5.92 Å². The van der Waals surface area contributed by atoms with Gasteiger partial charge in [0.15, 0.2) is 0 Å². The topological polar surface area (TPSA) is 24.4 Å². The van der Waals surface area contributed by atoms with Gasteiger partial charge in [0.2, 0.25) is 0 Å². The molecular formula is C9H16N2S2. The average Bonchev–Trinajstić information content (AvgIpc) is 2.71. The average molecular weight is 216 g/mol. The zero-order chi connectivity index (χ0) is 9.10. The fraction of sp³-hybridized carbons (Fsp3) is 0.889. The Bertz CT molecular complexity index is 200. The van der Waals surface area contributed by atoms with E-state index in [-0.39, 0.29) is 0 Å². The Morgan fingerprint density at radius 1 is 1.69 bits per heavy atom. The third kappa shape index (κ3) is 2.89. The van der Waals surface area contributed by atoms with E-state index in [2.05, 4.69) is 17.2 Å². The van der Waals surface area contributed by atoms with Gasteiger partial charge in [0.05, 0.1) is 6.04 Å².